The molecule has 1 rings (SSSR count). The summed E-state index contributed by atoms with van der Waals surface area (Å²) in [6, 6.07) is 0. The summed E-state index contributed by atoms with van der Waals surface area (Å²) in [5.41, 5.74) is 0. The zero-order valence-electron chi connectivity index (χ0n) is 7.43. The van der Waals surface area contributed by atoms with Crippen LogP contribution in [0.15, 0.2) is 0 Å². The first kappa shape index (κ1) is 10.6. The number of hydrogen-bond donors (Lipinski definition) is 1. The van der Waals surface area contributed by atoms with Gasteiger partial charge in [-0.15, -0.1) is 0 Å². The summed E-state index contributed by atoms with van der Waals surface area (Å²) in [6.07, 6.45) is 2.23. The smallest absolute Gasteiger partial charge is 0.253 e. The molecule has 1 fully saturated rings. The first-order chi connectivity index (χ1) is 5.49. The molecule has 2 unspecified atom stereocenters. The molecule has 0 saturated carbocycles. The van der Waals surface area contributed by atoms with Crippen LogP contribution in [0.25, 0.3) is 0 Å². The van der Waals surface area contributed by atoms with Crippen LogP contribution in [-0.2, 0) is 4.79 Å². The van der Waals surface area contributed by atoms with Crippen LogP contribution < -0.4 is 5.32 Å². The van der Waals surface area contributed by atoms with Crippen LogP contribution in [0.5, 0.6) is 0 Å². The van der Waals surface area contributed by atoms with Crippen molar-refractivity contribution >= 4 is 40.3 Å². The van der Waals surface area contributed by atoms with Gasteiger partial charge < -0.3 is 4.90 Å². The predicted molar refractivity (Wildman–Crippen MR) is 60.5 cm³/mol. The summed E-state index contributed by atoms with van der Waals surface area (Å²) in [4.78, 5) is 13.3. The third-order valence-electron chi connectivity index (χ3n) is 1.95. The number of alkyl halides is 1. The average Bonchev–Trinajstić information content (AvgIpc) is 2.16. The summed E-state index contributed by atoms with van der Waals surface area (Å²) in [7, 11) is 1.85. The van der Waals surface area contributed by atoms with E-state index >= 15 is 0 Å². The highest BCUT2D eigenvalue weighted by atomic mass is 127. The molecule has 1 aliphatic rings. The highest BCUT2D eigenvalue weighted by Crippen LogP contribution is 2.26. The molecular formula is C7H13IN2OS. The first-order valence-electron chi connectivity index (χ1n) is 3.72. The highest BCUT2D eigenvalue weighted by Gasteiger charge is 2.43. The third kappa shape index (κ3) is 1.88. The van der Waals surface area contributed by atoms with Gasteiger partial charge in [0.05, 0.1) is 6.17 Å². The lowest BCUT2D eigenvalue weighted by Gasteiger charge is -2.17. The molecule has 12 heavy (non-hydrogen) atoms. The van der Waals surface area contributed by atoms with Gasteiger partial charge in [-0.05, 0) is 13.2 Å². The van der Waals surface area contributed by atoms with Gasteiger partial charge in [0.25, 0.3) is 5.91 Å². The molecule has 1 amide bonds. The van der Waals surface area contributed by atoms with Gasteiger partial charge in [0, 0.05) is 12.8 Å². The Morgan fingerprint density at radius 2 is 2.42 bits per heavy atom. The zero-order chi connectivity index (χ0) is 9.35. The average molecular weight is 300 g/mol. The van der Waals surface area contributed by atoms with Crippen LogP contribution in [0.3, 0.4) is 0 Å². The van der Waals surface area contributed by atoms with Crippen molar-refractivity contribution in [3.05, 3.63) is 0 Å². The van der Waals surface area contributed by atoms with Crippen molar-refractivity contribution in [3.63, 3.8) is 0 Å². The maximum atomic E-state index is 11.6. The minimum atomic E-state index is -0.410. The van der Waals surface area contributed by atoms with Gasteiger partial charge in [0.1, 0.15) is 3.55 Å². The van der Waals surface area contributed by atoms with Gasteiger partial charge in [0.15, 0.2) is 0 Å². The number of nitrogens with zero attached hydrogens (tertiary/aromatic N) is 1. The van der Waals surface area contributed by atoms with E-state index in [2.05, 4.69) is 27.9 Å². The third-order valence-corrected chi connectivity index (χ3v) is 3.37. The molecule has 0 bridgehead atoms. The van der Waals surface area contributed by atoms with Crippen molar-refractivity contribution in [1.82, 2.24) is 10.2 Å². The number of amides is 1. The Labute approximate surface area is 90.8 Å². The Kier molecular flexibility index (Phi) is 3.27. The number of carbonyl (C=O) groups is 1. The van der Waals surface area contributed by atoms with Crippen LogP contribution in [0.1, 0.15) is 6.92 Å². The maximum absolute atomic E-state index is 11.6. The monoisotopic (exact) mass is 300 g/mol. The van der Waals surface area contributed by atoms with E-state index in [4.69, 9.17) is 0 Å². The molecule has 2 atom stereocenters. The Bertz CT molecular complexity index is 198. The van der Waals surface area contributed by atoms with Crippen LogP contribution in [0.2, 0.25) is 0 Å². The molecule has 0 aromatic rings. The number of likely N-dealkylation sites (N-methyl/N-ethyl adjacent to an activating group) is 1. The predicted octanol–water partition coefficient (Wildman–Crippen LogP) is 0.888. The summed E-state index contributed by atoms with van der Waals surface area (Å²) in [6.45, 7) is 1.91. The van der Waals surface area contributed by atoms with Crippen LogP contribution >= 0.6 is 34.4 Å². The molecule has 3 nitrogen and oxygen atoms in total. The quantitative estimate of drug-likeness (QED) is 0.467. The number of hydrogen-bond acceptors (Lipinski definition) is 3. The van der Waals surface area contributed by atoms with Gasteiger partial charge in [-0.25, -0.2) is 0 Å². The fraction of sp³-hybridized carbons (Fsp3) is 0.857. The van der Waals surface area contributed by atoms with Crippen LogP contribution in [0, 0.1) is 0 Å². The Morgan fingerprint density at radius 3 is 2.75 bits per heavy atom. The number of halogens is 1. The number of rotatable bonds is 2. The van der Waals surface area contributed by atoms with Crippen molar-refractivity contribution in [2.45, 2.75) is 16.6 Å². The summed E-state index contributed by atoms with van der Waals surface area (Å²) < 4.78 is -0.410. The van der Waals surface area contributed by atoms with Crippen molar-refractivity contribution in [1.29, 1.82) is 0 Å². The zero-order valence-corrected chi connectivity index (χ0v) is 10.4. The maximum Gasteiger partial charge on any atom is 0.253 e. The van der Waals surface area contributed by atoms with Crippen molar-refractivity contribution in [2.24, 2.45) is 0 Å². The fourth-order valence-corrected chi connectivity index (χ4v) is 2.62. The molecular weight excluding hydrogens is 287 g/mol. The molecule has 1 N–H and O–H groups in total. The van der Waals surface area contributed by atoms with Crippen molar-refractivity contribution in [3.8, 4) is 0 Å². The van der Waals surface area contributed by atoms with Gasteiger partial charge in [0.2, 0.25) is 0 Å². The van der Waals surface area contributed by atoms with E-state index < -0.39 is 3.55 Å². The molecule has 0 spiro atoms. The summed E-state index contributed by atoms with van der Waals surface area (Å²) >= 11 is 3.90. The number of carbonyl (C=O) groups excluding carboxylic acids is 1. The minimum Gasteiger partial charge on any atom is -0.327 e. The van der Waals surface area contributed by atoms with E-state index in [0.29, 0.717) is 0 Å². The molecule has 0 aromatic carbocycles. The topological polar surface area (TPSA) is 32.3 Å². The van der Waals surface area contributed by atoms with Crippen LogP contribution in [0.4, 0.5) is 0 Å². The van der Waals surface area contributed by atoms with Gasteiger partial charge in [-0.3, -0.25) is 10.1 Å². The SMILES string of the molecule is CSCC1NC(C)(I)C(=O)N1C. The van der Waals surface area contributed by atoms with Crippen LogP contribution in [-0.4, -0.2) is 39.6 Å². The van der Waals surface area contributed by atoms with E-state index in [-0.39, 0.29) is 12.1 Å². The Balaban J connectivity index is 2.67. The molecule has 0 aliphatic carbocycles. The van der Waals surface area contributed by atoms with Crippen molar-refractivity contribution < 1.29 is 4.79 Å². The van der Waals surface area contributed by atoms with E-state index in [1.54, 1.807) is 16.7 Å². The van der Waals surface area contributed by atoms with Crippen molar-refractivity contribution in [2.75, 3.05) is 19.1 Å². The molecule has 0 aromatic heterocycles. The summed E-state index contributed by atoms with van der Waals surface area (Å²) in [5, 5.41) is 3.27. The second-order valence-electron chi connectivity index (χ2n) is 3.03. The largest absolute Gasteiger partial charge is 0.327 e. The Hall–Kier alpha value is 0.510. The molecule has 5 heteroatoms. The Morgan fingerprint density at radius 1 is 1.83 bits per heavy atom. The lowest BCUT2D eigenvalue weighted by Crippen LogP contribution is -2.39. The first-order valence-corrected chi connectivity index (χ1v) is 6.19. The normalized spacial score (nSPS) is 36.2. The second-order valence-corrected chi connectivity index (χ2v) is 6.10. The van der Waals surface area contributed by atoms with E-state index in [9.17, 15) is 4.79 Å². The highest BCUT2D eigenvalue weighted by molar-refractivity contribution is 14.1. The number of thioether (sulfide) groups is 1. The molecule has 1 heterocycles. The second kappa shape index (κ2) is 3.71. The number of nitrogens with one attached hydrogen (secondary N) is 1. The molecule has 0 radical (unpaired) electrons. The molecule has 70 valence electrons. The van der Waals surface area contributed by atoms with Gasteiger partial charge >= 0.3 is 0 Å². The lowest BCUT2D eigenvalue weighted by molar-refractivity contribution is -0.128. The standard InChI is InChI=1S/C7H13IN2OS/c1-7(8)6(11)10(2)5(9-7)4-12-3/h5,9H,4H2,1-3H3. The van der Waals surface area contributed by atoms with E-state index in [1.165, 1.54) is 0 Å². The molecule has 1 aliphatic heterocycles. The lowest BCUT2D eigenvalue weighted by atomic mass is 10.3. The molecule has 1 saturated heterocycles. The van der Waals surface area contributed by atoms with Gasteiger partial charge in [-0.2, -0.15) is 11.8 Å². The summed E-state index contributed by atoms with van der Waals surface area (Å²) in [5.74, 6) is 1.11. The van der Waals surface area contributed by atoms with E-state index in [1.807, 2.05) is 20.2 Å². The fourth-order valence-electron chi connectivity index (χ4n) is 1.26. The van der Waals surface area contributed by atoms with E-state index in [0.717, 1.165) is 5.75 Å². The van der Waals surface area contributed by atoms with Gasteiger partial charge in [-0.1, -0.05) is 22.6 Å². The minimum absolute atomic E-state index is 0.169.